The van der Waals surface area contributed by atoms with Crippen LogP contribution in [0, 0.1) is 0 Å². The quantitative estimate of drug-likeness (QED) is 0.587. The maximum atomic E-state index is 11.9. The maximum absolute atomic E-state index is 11.9. The number of nitrogens with two attached hydrogens (primary N) is 1. The Morgan fingerprint density at radius 2 is 1.90 bits per heavy atom. The Hall–Kier alpha value is -1.65. The summed E-state index contributed by atoms with van der Waals surface area (Å²) in [5, 5.41) is 8.75. The minimum atomic E-state index is -3.99. The summed E-state index contributed by atoms with van der Waals surface area (Å²) < 4.78 is 47.7. The summed E-state index contributed by atoms with van der Waals surface area (Å²) in [6, 6.07) is 3.18. The topological polar surface area (TPSA) is 144 Å². The Morgan fingerprint density at radius 1 is 1.30 bits per heavy atom. The average molecular weight is 322 g/mol. The van der Waals surface area contributed by atoms with E-state index in [9.17, 15) is 21.6 Å². The number of carbonyl (C=O) groups is 1. The van der Waals surface area contributed by atoms with E-state index in [0.717, 1.165) is 24.5 Å². The molecule has 0 heterocycles. The van der Waals surface area contributed by atoms with Gasteiger partial charge in [-0.1, -0.05) is 0 Å². The van der Waals surface area contributed by atoms with E-state index >= 15 is 0 Å². The predicted molar refractivity (Wildman–Crippen MR) is 72.7 cm³/mol. The number of nitrogen functional groups attached to an aromatic ring is 1. The fraction of sp³-hybridized carbons (Fsp3) is 0.300. The van der Waals surface area contributed by atoms with Gasteiger partial charge in [-0.25, -0.2) is 26.4 Å². The van der Waals surface area contributed by atoms with E-state index in [1.807, 2.05) is 0 Å². The SMILES string of the molecule is CS(=O)(=O)CCNS(=O)(=O)c1ccc(C(=O)O)cc1N. The molecule has 4 N–H and O–H groups in total. The fourth-order valence-corrected chi connectivity index (χ4v) is 3.11. The van der Waals surface area contributed by atoms with Crippen LogP contribution in [0.3, 0.4) is 0 Å². The Labute approximate surface area is 116 Å². The van der Waals surface area contributed by atoms with Crippen LogP contribution in [0.2, 0.25) is 0 Å². The summed E-state index contributed by atoms with van der Waals surface area (Å²) in [5.41, 5.74) is 5.14. The van der Waals surface area contributed by atoms with Gasteiger partial charge >= 0.3 is 5.97 Å². The van der Waals surface area contributed by atoms with Crippen LogP contribution in [0.1, 0.15) is 10.4 Å². The molecule has 0 aromatic heterocycles. The zero-order valence-corrected chi connectivity index (χ0v) is 12.2. The molecule has 0 unspecified atom stereocenters. The van der Waals surface area contributed by atoms with E-state index < -0.39 is 25.8 Å². The third kappa shape index (κ3) is 4.47. The molecule has 0 bridgehead atoms. The van der Waals surface area contributed by atoms with E-state index in [1.165, 1.54) is 0 Å². The molecule has 0 aliphatic rings. The largest absolute Gasteiger partial charge is 0.478 e. The molecule has 0 radical (unpaired) electrons. The van der Waals surface area contributed by atoms with Gasteiger partial charge < -0.3 is 10.8 Å². The van der Waals surface area contributed by atoms with E-state index in [1.54, 1.807) is 0 Å². The Morgan fingerprint density at radius 3 is 2.35 bits per heavy atom. The molecule has 1 aromatic rings. The number of carboxylic acid groups (broad SMARTS) is 1. The second-order valence-corrected chi connectivity index (χ2v) is 8.08. The first-order chi connectivity index (χ1) is 9.03. The van der Waals surface area contributed by atoms with Crippen molar-refractivity contribution in [3.63, 3.8) is 0 Å². The second-order valence-electron chi connectivity index (χ2n) is 4.09. The number of hydrogen-bond donors (Lipinski definition) is 3. The number of hydrogen-bond acceptors (Lipinski definition) is 6. The summed E-state index contributed by atoms with van der Waals surface area (Å²) in [4.78, 5) is 10.4. The third-order valence-corrected chi connectivity index (χ3v) is 4.79. The van der Waals surface area contributed by atoms with Gasteiger partial charge in [-0.05, 0) is 18.2 Å². The summed E-state index contributed by atoms with van der Waals surface area (Å²) in [6.45, 7) is -0.290. The molecule has 0 fully saturated rings. The van der Waals surface area contributed by atoms with Crippen LogP contribution in [0.25, 0.3) is 0 Å². The molecule has 0 saturated carbocycles. The Kier molecular flexibility index (Phi) is 4.73. The van der Waals surface area contributed by atoms with Gasteiger partial charge in [0.15, 0.2) is 0 Å². The molecule has 0 aliphatic heterocycles. The summed E-state index contributed by atoms with van der Waals surface area (Å²) in [7, 11) is -7.28. The molecule has 0 atom stereocenters. The normalized spacial score (nSPS) is 12.2. The van der Waals surface area contributed by atoms with Crippen LogP contribution >= 0.6 is 0 Å². The number of carboxylic acids is 1. The molecule has 8 nitrogen and oxygen atoms in total. The number of rotatable bonds is 6. The first-order valence-electron chi connectivity index (χ1n) is 5.33. The Balaban J connectivity index is 2.96. The highest BCUT2D eigenvalue weighted by Gasteiger charge is 2.19. The lowest BCUT2D eigenvalue weighted by atomic mass is 10.2. The predicted octanol–water partition coefficient (Wildman–Crippen LogP) is -0.710. The van der Waals surface area contributed by atoms with Crippen LogP contribution in [-0.4, -0.2) is 46.5 Å². The summed E-state index contributed by atoms with van der Waals surface area (Å²) in [5.74, 6) is -1.58. The van der Waals surface area contributed by atoms with Crippen LogP contribution in [0.4, 0.5) is 5.69 Å². The highest BCUT2D eigenvalue weighted by Crippen LogP contribution is 2.19. The number of nitrogens with one attached hydrogen (secondary N) is 1. The lowest BCUT2D eigenvalue weighted by Gasteiger charge is -2.09. The van der Waals surface area contributed by atoms with Crippen molar-refractivity contribution in [1.82, 2.24) is 4.72 Å². The van der Waals surface area contributed by atoms with Gasteiger partial charge in [0.2, 0.25) is 10.0 Å². The smallest absolute Gasteiger partial charge is 0.335 e. The molecular formula is C10H14N2O6S2. The van der Waals surface area contributed by atoms with Crippen molar-refractivity contribution in [2.75, 3.05) is 24.3 Å². The lowest BCUT2D eigenvalue weighted by molar-refractivity contribution is 0.0697. The zero-order chi connectivity index (χ0) is 15.6. The highest BCUT2D eigenvalue weighted by atomic mass is 32.2. The van der Waals surface area contributed by atoms with Crippen molar-refractivity contribution in [3.05, 3.63) is 23.8 Å². The van der Waals surface area contributed by atoms with Gasteiger partial charge in [-0.15, -0.1) is 0 Å². The molecule has 0 spiro atoms. The number of benzene rings is 1. The molecule has 1 rings (SSSR count). The molecule has 0 aliphatic carbocycles. The van der Waals surface area contributed by atoms with Crippen molar-refractivity contribution in [2.24, 2.45) is 0 Å². The molecule has 0 saturated heterocycles. The average Bonchev–Trinajstić information content (AvgIpc) is 2.26. The minimum absolute atomic E-state index is 0.141. The van der Waals surface area contributed by atoms with E-state index in [4.69, 9.17) is 10.8 Å². The van der Waals surface area contributed by atoms with Gasteiger partial charge in [0, 0.05) is 12.8 Å². The van der Waals surface area contributed by atoms with Crippen molar-refractivity contribution >= 4 is 31.5 Å². The fourth-order valence-electron chi connectivity index (χ4n) is 1.37. The molecule has 0 amide bonds. The zero-order valence-electron chi connectivity index (χ0n) is 10.5. The van der Waals surface area contributed by atoms with Crippen molar-refractivity contribution in [2.45, 2.75) is 4.90 Å². The highest BCUT2D eigenvalue weighted by molar-refractivity contribution is 7.91. The van der Waals surface area contributed by atoms with E-state index in [-0.39, 0.29) is 28.4 Å². The van der Waals surface area contributed by atoms with Crippen LogP contribution in [0.15, 0.2) is 23.1 Å². The molecule has 10 heteroatoms. The van der Waals surface area contributed by atoms with Gasteiger partial charge in [0.05, 0.1) is 17.0 Å². The van der Waals surface area contributed by atoms with Gasteiger partial charge in [-0.3, -0.25) is 0 Å². The van der Waals surface area contributed by atoms with Crippen molar-refractivity contribution < 1.29 is 26.7 Å². The second kappa shape index (κ2) is 5.77. The lowest BCUT2D eigenvalue weighted by Crippen LogP contribution is -2.29. The third-order valence-electron chi connectivity index (χ3n) is 2.31. The number of sulfonamides is 1. The molecule has 1 aromatic carbocycles. The molecule has 112 valence electrons. The van der Waals surface area contributed by atoms with Gasteiger partial charge in [-0.2, -0.15) is 0 Å². The molecule has 20 heavy (non-hydrogen) atoms. The number of anilines is 1. The number of sulfone groups is 1. The van der Waals surface area contributed by atoms with E-state index in [0.29, 0.717) is 0 Å². The minimum Gasteiger partial charge on any atom is -0.478 e. The first-order valence-corrected chi connectivity index (χ1v) is 8.87. The van der Waals surface area contributed by atoms with Crippen molar-refractivity contribution in [3.8, 4) is 0 Å². The standard InChI is InChI=1S/C10H14N2O6S2/c1-19(15,16)5-4-12-20(17,18)9-3-2-7(10(13)14)6-8(9)11/h2-3,6,12H,4-5,11H2,1H3,(H,13,14). The Bertz CT molecular complexity index is 724. The van der Waals surface area contributed by atoms with Crippen LogP contribution < -0.4 is 10.5 Å². The summed E-state index contributed by atoms with van der Waals surface area (Å²) >= 11 is 0. The van der Waals surface area contributed by atoms with Gasteiger partial charge in [0.25, 0.3) is 0 Å². The van der Waals surface area contributed by atoms with Crippen LogP contribution in [0.5, 0.6) is 0 Å². The molecular weight excluding hydrogens is 308 g/mol. The first kappa shape index (κ1) is 16.4. The van der Waals surface area contributed by atoms with Crippen molar-refractivity contribution in [1.29, 1.82) is 0 Å². The number of aromatic carboxylic acids is 1. The van der Waals surface area contributed by atoms with Crippen LogP contribution in [-0.2, 0) is 19.9 Å². The maximum Gasteiger partial charge on any atom is 0.335 e. The monoisotopic (exact) mass is 322 g/mol. The summed E-state index contributed by atoms with van der Waals surface area (Å²) in [6.07, 6.45) is 0.983. The van der Waals surface area contributed by atoms with E-state index in [2.05, 4.69) is 4.72 Å². The van der Waals surface area contributed by atoms with Gasteiger partial charge in [0.1, 0.15) is 14.7 Å².